The zero-order chi connectivity index (χ0) is 19.2. The quantitative estimate of drug-likeness (QED) is 0.567. The summed E-state index contributed by atoms with van der Waals surface area (Å²) < 4.78 is 5.61. The van der Waals surface area contributed by atoms with Crippen molar-refractivity contribution in [2.75, 3.05) is 13.7 Å². The Morgan fingerprint density at radius 1 is 1.19 bits per heavy atom. The second-order valence-electron chi connectivity index (χ2n) is 6.89. The molecule has 0 unspecified atom stereocenters. The molecule has 0 aromatic heterocycles. The SMILES string of the molecule is CC(=O)c1cccc(OCCCC(=O)N(C)C2(C(=O)O)CCCCC2)c1. The molecule has 2 rings (SSSR count). The lowest BCUT2D eigenvalue weighted by molar-refractivity contribution is -0.160. The molecule has 0 aliphatic heterocycles. The highest BCUT2D eigenvalue weighted by Gasteiger charge is 2.45. The summed E-state index contributed by atoms with van der Waals surface area (Å²) >= 11 is 0. The van der Waals surface area contributed by atoms with Gasteiger partial charge in [-0.1, -0.05) is 31.4 Å². The molecule has 0 radical (unpaired) electrons. The molecule has 1 aromatic carbocycles. The standard InChI is InChI=1S/C20H27NO5/c1-15(22)16-8-6-9-17(14-16)26-13-7-10-18(23)21(2)20(19(24)25)11-4-3-5-12-20/h6,8-9,14H,3-5,7,10-13H2,1-2H3,(H,24,25). The fourth-order valence-corrected chi connectivity index (χ4v) is 3.45. The molecule has 0 saturated heterocycles. The van der Waals surface area contributed by atoms with Crippen LogP contribution in [0.2, 0.25) is 0 Å². The number of amides is 1. The Kier molecular flexibility index (Phi) is 6.77. The summed E-state index contributed by atoms with van der Waals surface area (Å²) in [5.74, 6) is -0.521. The predicted octanol–water partition coefficient (Wildman–Crippen LogP) is 3.29. The van der Waals surface area contributed by atoms with Gasteiger partial charge in [-0.2, -0.15) is 0 Å². The van der Waals surface area contributed by atoms with Gasteiger partial charge in [0, 0.05) is 19.0 Å². The Morgan fingerprint density at radius 3 is 2.50 bits per heavy atom. The van der Waals surface area contributed by atoms with E-state index < -0.39 is 11.5 Å². The Hall–Kier alpha value is -2.37. The highest BCUT2D eigenvalue weighted by atomic mass is 16.5. The Balaban J connectivity index is 1.85. The number of rotatable bonds is 8. The Morgan fingerprint density at radius 2 is 1.88 bits per heavy atom. The van der Waals surface area contributed by atoms with Crippen molar-refractivity contribution in [3.63, 3.8) is 0 Å². The molecule has 0 spiro atoms. The number of aliphatic carboxylic acids is 1. The summed E-state index contributed by atoms with van der Waals surface area (Å²) in [5.41, 5.74) is -0.481. The topological polar surface area (TPSA) is 83.9 Å². The van der Waals surface area contributed by atoms with Crippen molar-refractivity contribution in [1.29, 1.82) is 0 Å². The molecule has 0 atom stereocenters. The number of carboxylic acids is 1. The molecule has 0 heterocycles. The minimum absolute atomic E-state index is 0.0290. The molecule has 1 fully saturated rings. The first-order chi connectivity index (χ1) is 12.4. The van der Waals surface area contributed by atoms with Crippen LogP contribution >= 0.6 is 0 Å². The third kappa shape index (κ3) is 4.62. The maximum absolute atomic E-state index is 12.5. The predicted molar refractivity (Wildman–Crippen MR) is 97.4 cm³/mol. The van der Waals surface area contributed by atoms with E-state index >= 15 is 0 Å². The molecule has 6 nitrogen and oxygen atoms in total. The van der Waals surface area contributed by atoms with Crippen LogP contribution in [0.15, 0.2) is 24.3 Å². The fraction of sp³-hybridized carbons (Fsp3) is 0.550. The highest BCUT2D eigenvalue weighted by molar-refractivity contribution is 5.94. The van der Waals surface area contributed by atoms with E-state index in [2.05, 4.69) is 0 Å². The normalized spacial score (nSPS) is 15.9. The van der Waals surface area contributed by atoms with Crippen LogP contribution in [-0.4, -0.2) is 46.9 Å². The van der Waals surface area contributed by atoms with E-state index in [1.807, 2.05) is 0 Å². The van der Waals surface area contributed by atoms with Crippen LogP contribution in [0.4, 0.5) is 0 Å². The number of nitrogens with zero attached hydrogens (tertiary/aromatic N) is 1. The zero-order valence-corrected chi connectivity index (χ0v) is 15.5. The zero-order valence-electron chi connectivity index (χ0n) is 15.5. The van der Waals surface area contributed by atoms with Gasteiger partial charge < -0.3 is 14.7 Å². The van der Waals surface area contributed by atoms with Crippen molar-refractivity contribution in [1.82, 2.24) is 4.90 Å². The molecule has 1 saturated carbocycles. The molecule has 1 aliphatic carbocycles. The second kappa shape index (κ2) is 8.83. The van der Waals surface area contributed by atoms with Gasteiger partial charge >= 0.3 is 5.97 Å². The van der Waals surface area contributed by atoms with E-state index in [9.17, 15) is 19.5 Å². The second-order valence-corrected chi connectivity index (χ2v) is 6.89. The number of carbonyl (C=O) groups excluding carboxylic acids is 2. The Labute approximate surface area is 154 Å². The van der Waals surface area contributed by atoms with Crippen molar-refractivity contribution in [2.24, 2.45) is 0 Å². The lowest BCUT2D eigenvalue weighted by Gasteiger charge is -2.41. The minimum Gasteiger partial charge on any atom is -0.494 e. The maximum Gasteiger partial charge on any atom is 0.329 e. The minimum atomic E-state index is -1.06. The van der Waals surface area contributed by atoms with Crippen LogP contribution in [0.5, 0.6) is 5.75 Å². The fourth-order valence-electron chi connectivity index (χ4n) is 3.45. The average molecular weight is 361 g/mol. The molecule has 1 aromatic rings. The maximum atomic E-state index is 12.5. The van der Waals surface area contributed by atoms with E-state index in [0.29, 0.717) is 37.2 Å². The first kappa shape index (κ1) is 19.9. The monoisotopic (exact) mass is 361 g/mol. The van der Waals surface area contributed by atoms with E-state index in [4.69, 9.17) is 4.74 Å². The average Bonchev–Trinajstić information content (AvgIpc) is 2.65. The van der Waals surface area contributed by atoms with Crippen molar-refractivity contribution < 1.29 is 24.2 Å². The van der Waals surface area contributed by atoms with Gasteiger partial charge in [-0.3, -0.25) is 9.59 Å². The number of benzene rings is 1. The van der Waals surface area contributed by atoms with Gasteiger partial charge in [0.25, 0.3) is 0 Å². The molecule has 1 amide bonds. The molecular weight excluding hydrogens is 334 g/mol. The van der Waals surface area contributed by atoms with Crippen molar-refractivity contribution in [3.05, 3.63) is 29.8 Å². The van der Waals surface area contributed by atoms with Crippen LogP contribution in [0.25, 0.3) is 0 Å². The van der Waals surface area contributed by atoms with Crippen LogP contribution in [0.1, 0.15) is 62.2 Å². The first-order valence-electron chi connectivity index (χ1n) is 9.11. The van der Waals surface area contributed by atoms with Gasteiger partial charge in [-0.15, -0.1) is 0 Å². The molecular formula is C20H27NO5. The van der Waals surface area contributed by atoms with Crippen LogP contribution in [0.3, 0.4) is 0 Å². The van der Waals surface area contributed by atoms with Gasteiger partial charge in [-0.25, -0.2) is 4.79 Å². The molecule has 6 heteroatoms. The van der Waals surface area contributed by atoms with E-state index in [1.54, 1.807) is 31.3 Å². The largest absolute Gasteiger partial charge is 0.494 e. The van der Waals surface area contributed by atoms with Crippen LogP contribution < -0.4 is 4.74 Å². The van der Waals surface area contributed by atoms with Crippen molar-refractivity contribution >= 4 is 17.7 Å². The Bertz CT molecular complexity index is 664. The lowest BCUT2D eigenvalue weighted by Crippen LogP contribution is -2.56. The van der Waals surface area contributed by atoms with Gasteiger partial charge in [0.05, 0.1) is 6.61 Å². The molecule has 1 aliphatic rings. The summed E-state index contributed by atoms with van der Waals surface area (Å²) in [5, 5.41) is 9.65. The van der Waals surface area contributed by atoms with Crippen LogP contribution in [-0.2, 0) is 9.59 Å². The van der Waals surface area contributed by atoms with E-state index in [0.717, 1.165) is 19.3 Å². The number of ketones is 1. The molecule has 1 N–H and O–H groups in total. The molecule has 142 valence electrons. The van der Waals surface area contributed by atoms with E-state index in [-0.39, 0.29) is 18.1 Å². The third-order valence-corrected chi connectivity index (χ3v) is 5.14. The third-order valence-electron chi connectivity index (χ3n) is 5.14. The summed E-state index contributed by atoms with van der Waals surface area (Å²) in [6, 6.07) is 6.92. The molecule has 0 bridgehead atoms. The number of hydrogen-bond acceptors (Lipinski definition) is 4. The van der Waals surface area contributed by atoms with Crippen molar-refractivity contribution in [2.45, 2.75) is 57.4 Å². The first-order valence-corrected chi connectivity index (χ1v) is 9.11. The number of carbonyl (C=O) groups is 3. The van der Waals surface area contributed by atoms with Gasteiger partial charge in [0.2, 0.25) is 5.91 Å². The van der Waals surface area contributed by atoms with Crippen molar-refractivity contribution in [3.8, 4) is 5.75 Å². The van der Waals surface area contributed by atoms with E-state index in [1.165, 1.54) is 11.8 Å². The molecule has 26 heavy (non-hydrogen) atoms. The highest BCUT2D eigenvalue weighted by Crippen LogP contribution is 2.33. The summed E-state index contributed by atoms with van der Waals surface area (Å²) in [6.07, 6.45) is 4.43. The number of hydrogen-bond donors (Lipinski definition) is 1. The number of likely N-dealkylation sites (N-methyl/N-ethyl adjacent to an activating group) is 1. The van der Waals surface area contributed by atoms with Crippen LogP contribution in [0, 0.1) is 0 Å². The smallest absolute Gasteiger partial charge is 0.329 e. The van der Waals surface area contributed by atoms with Gasteiger partial charge in [-0.05, 0) is 38.3 Å². The van der Waals surface area contributed by atoms with Gasteiger partial charge in [0.1, 0.15) is 11.3 Å². The number of Topliss-reactive ketones (excluding diaryl/α,β-unsaturated/α-hetero) is 1. The number of carboxylic acid groups (broad SMARTS) is 1. The summed E-state index contributed by atoms with van der Waals surface area (Å²) in [6.45, 7) is 1.83. The van der Waals surface area contributed by atoms with Gasteiger partial charge in [0.15, 0.2) is 5.78 Å². The summed E-state index contributed by atoms with van der Waals surface area (Å²) in [7, 11) is 1.60. The number of ether oxygens (including phenoxy) is 1. The lowest BCUT2D eigenvalue weighted by atomic mass is 9.80. The summed E-state index contributed by atoms with van der Waals surface area (Å²) in [4.78, 5) is 37.0.